The number of hydrogen-bond acceptors (Lipinski definition) is 3. The maximum absolute atomic E-state index is 11.7. The number of carbonyl (C=O) groups excluding carboxylic acids is 1. The van der Waals surface area contributed by atoms with Crippen molar-refractivity contribution in [3.8, 4) is 0 Å². The summed E-state index contributed by atoms with van der Waals surface area (Å²) in [6.07, 6.45) is 3.23. The van der Waals surface area contributed by atoms with Gasteiger partial charge in [-0.15, -0.1) is 0 Å². The van der Waals surface area contributed by atoms with Gasteiger partial charge in [-0.25, -0.2) is 4.79 Å². The largest absolute Gasteiger partial charge is 0.481 e. The number of urea groups is 1. The number of nitrogens with zero attached hydrogens (tertiary/aromatic N) is 1. The number of hydrogen-bond donors (Lipinski definition) is 3. The Morgan fingerprint density at radius 2 is 1.90 bits per heavy atom. The molecule has 20 heavy (non-hydrogen) atoms. The van der Waals surface area contributed by atoms with Gasteiger partial charge in [-0.1, -0.05) is 6.92 Å². The van der Waals surface area contributed by atoms with Crippen LogP contribution in [0.4, 0.5) is 4.79 Å². The number of likely N-dealkylation sites (tertiary alicyclic amines) is 1. The van der Waals surface area contributed by atoms with Gasteiger partial charge >= 0.3 is 12.0 Å². The molecule has 116 valence electrons. The van der Waals surface area contributed by atoms with Gasteiger partial charge in [0.2, 0.25) is 0 Å². The molecule has 1 rings (SSSR count). The Kier molecular flexibility index (Phi) is 7.36. The van der Waals surface area contributed by atoms with Crippen LogP contribution in [0.3, 0.4) is 0 Å². The number of carboxylic acids is 1. The molecule has 0 aromatic carbocycles. The van der Waals surface area contributed by atoms with Gasteiger partial charge in [-0.2, -0.15) is 0 Å². The lowest BCUT2D eigenvalue weighted by atomic mass is 10.1. The predicted molar refractivity (Wildman–Crippen MR) is 77.7 cm³/mol. The lowest BCUT2D eigenvalue weighted by Gasteiger charge is -2.21. The van der Waals surface area contributed by atoms with Crippen LogP contribution < -0.4 is 10.6 Å². The summed E-state index contributed by atoms with van der Waals surface area (Å²) in [5.74, 6) is -0.619. The Labute approximate surface area is 120 Å². The highest BCUT2D eigenvalue weighted by Gasteiger charge is 2.16. The molecule has 0 radical (unpaired) electrons. The van der Waals surface area contributed by atoms with Crippen molar-refractivity contribution in [2.24, 2.45) is 5.92 Å². The van der Waals surface area contributed by atoms with Crippen LogP contribution in [-0.4, -0.2) is 54.2 Å². The van der Waals surface area contributed by atoms with Crippen molar-refractivity contribution < 1.29 is 14.7 Å². The van der Waals surface area contributed by atoms with Crippen molar-refractivity contribution >= 4 is 12.0 Å². The normalized spacial score (nSPS) is 18.5. The fourth-order valence-corrected chi connectivity index (χ4v) is 2.41. The second-order valence-corrected chi connectivity index (χ2v) is 5.80. The van der Waals surface area contributed by atoms with Gasteiger partial charge in [0.15, 0.2) is 0 Å². The maximum atomic E-state index is 11.7. The second kappa shape index (κ2) is 8.79. The molecule has 2 atom stereocenters. The standard InChI is InChI=1S/C14H27N3O3/c1-11(5-6-13(18)19)9-15-14(20)16-12(2)10-17-7-3-4-8-17/h11-12H,3-10H2,1-2H3,(H,18,19)(H2,15,16,20). The van der Waals surface area contributed by atoms with E-state index in [1.165, 1.54) is 12.8 Å². The Bertz CT molecular complexity index is 317. The van der Waals surface area contributed by atoms with Crippen LogP contribution in [-0.2, 0) is 4.79 Å². The van der Waals surface area contributed by atoms with E-state index in [2.05, 4.69) is 15.5 Å². The van der Waals surface area contributed by atoms with E-state index in [-0.39, 0.29) is 24.4 Å². The lowest BCUT2D eigenvalue weighted by Crippen LogP contribution is -2.46. The molecule has 3 N–H and O–H groups in total. The number of carbonyl (C=O) groups is 2. The predicted octanol–water partition coefficient (Wildman–Crippen LogP) is 1.27. The van der Waals surface area contributed by atoms with Crippen LogP contribution in [0.25, 0.3) is 0 Å². The summed E-state index contributed by atoms with van der Waals surface area (Å²) >= 11 is 0. The van der Waals surface area contributed by atoms with E-state index >= 15 is 0 Å². The first-order valence-corrected chi connectivity index (χ1v) is 7.46. The number of aliphatic carboxylic acids is 1. The molecule has 6 heteroatoms. The minimum atomic E-state index is -0.791. The molecule has 6 nitrogen and oxygen atoms in total. The fraction of sp³-hybridized carbons (Fsp3) is 0.857. The van der Waals surface area contributed by atoms with E-state index < -0.39 is 5.97 Å². The van der Waals surface area contributed by atoms with Gasteiger partial charge in [-0.05, 0) is 45.2 Å². The molecule has 1 saturated heterocycles. The van der Waals surface area contributed by atoms with E-state index in [0.29, 0.717) is 13.0 Å². The highest BCUT2D eigenvalue weighted by molar-refractivity contribution is 5.74. The highest BCUT2D eigenvalue weighted by atomic mass is 16.4. The molecule has 1 heterocycles. The zero-order valence-electron chi connectivity index (χ0n) is 12.5. The summed E-state index contributed by atoms with van der Waals surface area (Å²) in [5, 5.41) is 14.3. The first kappa shape index (κ1) is 16.8. The number of nitrogens with one attached hydrogen (secondary N) is 2. The summed E-state index contributed by atoms with van der Waals surface area (Å²) < 4.78 is 0. The van der Waals surface area contributed by atoms with E-state index in [9.17, 15) is 9.59 Å². The van der Waals surface area contributed by atoms with Crippen molar-refractivity contribution in [1.29, 1.82) is 0 Å². The zero-order valence-corrected chi connectivity index (χ0v) is 12.5. The molecule has 0 aromatic heterocycles. The quantitative estimate of drug-likeness (QED) is 0.627. The van der Waals surface area contributed by atoms with Crippen LogP contribution >= 0.6 is 0 Å². The highest BCUT2D eigenvalue weighted by Crippen LogP contribution is 2.07. The first-order valence-electron chi connectivity index (χ1n) is 7.46. The van der Waals surface area contributed by atoms with E-state index in [0.717, 1.165) is 19.6 Å². The van der Waals surface area contributed by atoms with Crippen LogP contribution in [0, 0.1) is 5.92 Å². The molecule has 0 aliphatic carbocycles. The molecule has 1 aliphatic heterocycles. The Balaban J connectivity index is 2.10. The Hall–Kier alpha value is -1.30. The van der Waals surface area contributed by atoms with Gasteiger partial charge in [0, 0.05) is 25.6 Å². The molecule has 0 spiro atoms. The minimum absolute atomic E-state index is 0.127. The summed E-state index contributed by atoms with van der Waals surface area (Å²) in [7, 11) is 0. The number of rotatable bonds is 8. The molecule has 1 fully saturated rings. The van der Waals surface area contributed by atoms with Crippen LogP contribution in [0.1, 0.15) is 39.5 Å². The van der Waals surface area contributed by atoms with Gasteiger partial charge in [0.05, 0.1) is 0 Å². The molecule has 0 bridgehead atoms. The smallest absolute Gasteiger partial charge is 0.315 e. The zero-order chi connectivity index (χ0) is 15.0. The van der Waals surface area contributed by atoms with E-state index in [1.54, 1.807) is 0 Å². The van der Waals surface area contributed by atoms with E-state index in [4.69, 9.17) is 5.11 Å². The topological polar surface area (TPSA) is 81.7 Å². The van der Waals surface area contributed by atoms with Crippen LogP contribution in [0.5, 0.6) is 0 Å². The molecular formula is C14H27N3O3. The van der Waals surface area contributed by atoms with Gasteiger partial charge in [0.1, 0.15) is 0 Å². The molecule has 2 unspecified atom stereocenters. The first-order chi connectivity index (χ1) is 9.47. The Morgan fingerprint density at radius 3 is 2.50 bits per heavy atom. The second-order valence-electron chi connectivity index (χ2n) is 5.80. The molecule has 1 aliphatic rings. The van der Waals surface area contributed by atoms with Crippen molar-refractivity contribution in [1.82, 2.24) is 15.5 Å². The molecular weight excluding hydrogens is 258 g/mol. The third kappa shape index (κ3) is 7.33. The molecule has 0 aromatic rings. The van der Waals surface area contributed by atoms with Crippen molar-refractivity contribution in [3.05, 3.63) is 0 Å². The van der Waals surface area contributed by atoms with Crippen molar-refractivity contribution in [2.75, 3.05) is 26.2 Å². The average Bonchev–Trinajstić information content (AvgIpc) is 2.86. The third-order valence-electron chi connectivity index (χ3n) is 3.57. The molecule has 0 saturated carbocycles. The fourth-order valence-electron chi connectivity index (χ4n) is 2.41. The monoisotopic (exact) mass is 285 g/mol. The summed E-state index contributed by atoms with van der Waals surface area (Å²) in [6.45, 7) is 7.60. The Morgan fingerprint density at radius 1 is 1.25 bits per heavy atom. The van der Waals surface area contributed by atoms with Gasteiger partial charge < -0.3 is 20.6 Å². The van der Waals surface area contributed by atoms with E-state index in [1.807, 2.05) is 13.8 Å². The minimum Gasteiger partial charge on any atom is -0.481 e. The van der Waals surface area contributed by atoms with Crippen molar-refractivity contribution in [2.45, 2.75) is 45.6 Å². The summed E-state index contributed by atoms with van der Waals surface area (Å²) in [5.41, 5.74) is 0. The van der Waals surface area contributed by atoms with Gasteiger partial charge in [-0.3, -0.25) is 4.79 Å². The number of carboxylic acid groups (broad SMARTS) is 1. The van der Waals surface area contributed by atoms with Crippen LogP contribution in [0.2, 0.25) is 0 Å². The maximum Gasteiger partial charge on any atom is 0.315 e. The average molecular weight is 285 g/mol. The third-order valence-corrected chi connectivity index (χ3v) is 3.57. The summed E-state index contributed by atoms with van der Waals surface area (Å²) in [6, 6.07) is -0.0405. The molecule has 2 amide bonds. The van der Waals surface area contributed by atoms with Crippen LogP contribution in [0.15, 0.2) is 0 Å². The SMILES string of the molecule is CC(CCC(=O)O)CNC(=O)NC(C)CN1CCCC1. The number of amides is 2. The van der Waals surface area contributed by atoms with Gasteiger partial charge in [0.25, 0.3) is 0 Å². The lowest BCUT2D eigenvalue weighted by molar-refractivity contribution is -0.137. The van der Waals surface area contributed by atoms with Crippen molar-refractivity contribution in [3.63, 3.8) is 0 Å². The summed E-state index contributed by atoms with van der Waals surface area (Å²) in [4.78, 5) is 24.5.